The molecule has 2 rings (SSSR count). The van der Waals surface area contributed by atoms with Gasteiger partial charge in [-0.2, -0.15) is 21.6 Å². The van der Waals surface area contributed by atoms with Crippen molar-refractivity contribution >= 4 is 27.7 Å². The van der Waals surface area contributed by atoms with Crippen molar-refractivity contribution in [2.24, 2.45) is 5.92 Å². The van der Waals surface area contributed by atoms with Gasteiger partial charge in [-0.25, -0.2) is 0 Å². The molecule has 0 saturated heterocycles. The normalized spacial score (nSPS) is 22.8. The van der Waals surface area contributed by atoms with Gasteiger partial charge in [0.2, 0.25) is 0 Å². The van der Waals surface area contributed by atoms with E-state index in [1.165, 1.54) is 17.8 Å². The molecule has 1 aromatic rings. The number of ketones is 1. The molecule has 0 saturated carbocycles. The average Bonchev–Trinajstić information content (AvgIpc) is 2.35. The standard InChI is InChI=1S/C12H11F3O4S2/c1-6-7(2)20-10-4-3-8(5-9(10)11(6)16)19-21(17,18)12(13,14)15/h3-7H,1-2H3. The van der Waals surface area contributed by atoms with E-state index in [4.69, 9.17) is 0 Å². The van der Waals surface area contributed by atoms with Crippen LogP contribution in [0.1, 0.15) is 24.2 Å². The first kappa shape index (κ1) is 16.2. The number of rotatable bonds is 2. The lowest BCUT2D eigenvalue weighted by Crippen LogP contribution is -2.29. The van der Waals surface area contributed by atoms with Crippen molar-refractivity contribution in [1.82, 2.24) is 0 Å². The van der Waals surface area contributed by atoms with E-state index in [1.807, 2.05) is 6.92 Å². The van der Waals surface area contributed by atoms with E-state index in [-0.39, 0.29) is 22.5 Å². The summed E-state index contributed by atoms with van der Waals surface area (Å²) in [5.74, 6) is -1.08. The van der Waals surface area contributed by atoms with Gasteiger partial charge in [0.1, 0.15) is 5.75 Å². The minimum absolute atomic E-state index is 0.0377. The van der Waals surface area contributed by atoms with Crippen LogP contribution in [-0.2, 0) is 10.1 Å². The highest BCUT2D eigenvalue weighted by atomic mass is 32.2. The molecule has 0 amide bonds. The molecule has 0 fully saturated rings. The zero-order chi connectivity index (χ0) is 16.0. The van der Waals surface area contributed by atoms with Crippen LogP contribution in [0, 0.1) is 5.92 Å². The fourth-order valence-electron chi connectivity index (χ4n) is 1.79. The number of carbonyl (C=O) groups excluding carboxylic acids is 1. The Kier molecular flexibility index (Phi) is 4.00. The first-order chi connectivity index (χ1) is 9.53. The summed E-state index contributed by atoms with van der Waals surface area (Å²) in [6, 6.07) is 3.53. The van der Waals surface area contributed by atoms with E-state index in [0.29, 0.717) is 4.90 Å². The molecule has 0 aromatic heterocycles. The van der Waals surface area contributed by atoms with Crippen LogP contribution in [0.5, 0.6) is 5.75 Å². The minimum atomic E-state index is -5.74. The second-order valence-electron chi connectivity index (χ2n) is 4.62. The molecule has 2 atom stereocenters. The van der Waals surface area contributed by atoms with Crippen LogP contribution in [0.25, 0.3) is 0 Å². The molecule has 116 valence electrons. The number of benzene rings is 1. The first-order valence-corrected chi connectivity index (χ1v) is 8.17. The summed E-state index contributed by atoms with van der Waals surface area (Å²) in [4.78, 5) is 12.7. The van der Waals surface area contributed by atoms with Crippen molar-refractivity contribution in [2.75, 3.05) is 0 Å². The van der Waals surface area contributed by atoms with Crippen LogP contribution in [0.4, 0.5) is 13.2 Å². The van der Waals surface area contributed by atoms with E-state index >= 15 is 0 Å². The lowest BCUT2D eigenvalue weighted by atomic mass is 9.96. The Morgan fingerprint density at radius 2 is 1.86 bits per heavy atom. The third-order valence-corrected chi connectivity index (χ3v) is 5.51. The highest BCUT2D eigenvalue weighted by Crippen LogP contribution is 2.40. The minimum Gasteiger partial charge on any atom is -0.376 e. The predicted molar refractivity (Wildman–Crippen MR) is 70.9 cm³/mol. The van der Waals surface area contributed by atoms with Crippen LogP contribution >= 0.6 is 11.8 Å². The first-order valence-electron chi connectivity index (χ1n) is 5.88. The van der Waals surface area contributed by atoms with E-state index in [2.05, 4.69) is 4.18 Å². The predicted octanol–water partition coefficient (Wildman–Crippen LogP) is 3.23. The quantitative estimate of drug-likeness (QED) is 0.611. The number of Topliss-reactive ketones (excluding diaryl/α,β-unsaturated/α-hetero) is 1. The molecule has 1 aliphatic rings. The second-order valence-corrected chi connectivity index (χ2v) is 7.57. The Labute approximate surface area is 123 Å². The van der Waals surface area contributed by atoms with Crippen molar-refractivity contribution in [1.29, 1.82) is 0 Å². The van der Waals surface area contributed by atoms with Crippen LogP contribution in [-0.4, -0.2) is 25.0 Å². The maximum Gasteiger partial charge on any atom is 0.534 e. The molecule has 21 heavy (non-hydrogen) atoms. The molecule has 0 bridgehead atoms. The molecule has 0 N–H and O–H groups in total. The van der Waals surface area contributed by atoms with E-state index in [0.717, 1.165) is 12.1 Å². The van der Waals surface area contributed by atoms with Gasteiger partial charge in [0.25, 0.3) is 0 Å². The largest absolute Gasteiger partial charge is 0.534 e. The smallest absolute Gasteiger partial charge is 0.376 e. The fraction of sp³-hybridized carbons (Fsp3) is 0.417. The molecule has 1 aromatic carbocycles. The zero-order valence-corrected chi connectivity index (χ0v) is 12.6. The Balaban J connectivity index is 2.37. The van der Waals surface area contributed by atoms with Gasteiger partial charge in [-0.1, -0.05) is 13.8 Å². The molecule has 1 aliphatic heterocycles. The van der Waals surface area contributed by atoms with Gasteiger partial charge in [0.15, 0.2) is 5.78 Å². The van der Waals surface area contributed by atoms with E-state index < -0.39 is 21.4 Å². The number of hydrogen-bond donors (Lipinski definition) is 0. The Morgan fingerprint density at radius 1 is 1.24 bits per heavy atom. The van der Waals surface area contributed by atoms with Crippen molar-refractivity contribution in [3.8, 4) is 5.75 Å². The Hall–Kier alpha value is -1.22. The maximum absolute atomic E-state index is 12.3. The summed E-state index contributed by atoms with van der Waals surface area (Å²) in [6.07, 6.45) is 0. The van der Waals surface area contributed by atoms with Gasteiger partial charge in [-0.15, -0.1) is 11.8 Å². The van der Waals surface area contributed by atoms with Gasteiger partial charge >= 0.3 is 15.6 Å². The van der Waals surface area contributed by atoms with Gasteiger partial charge in [-0.3, -0.25) is 4.79 Å². The highest BCUT2D eigenvalue weighted by molar-refractivity contribution is 8.00. The van der Waals surface area contributed by atoms with Crippen molar-refractivity contribution < 1.29 is 30.6 Å². The van der Waals surface area contributed by atoms with Gasteiger partial charge in [0, 0.05) is 21.6 Å². The van der Waals surface area contributed by atoms with Gasteiger partial charge in [-0.05, 0) is 18.2 Å². The summed E-state index contributed by atoms with van der Waals surface area (Å²) in [5, 5.41) is 0.0377. The second kappa shape index (κ2) is 5.20. The summed E-state index contributed by atoms with van der Waals surface area (Å²) in [7, 11) is -5.74. The fourth-order valence-corrected chi connectivity index (χ4v) is 3.40. The molecule has 4 nitrogen and oxygen atoms in total. The van der Waals surface area contributed by atoms with Crippen LogP contribution < -0.4 is 4.18 Å². The van der Waals surface area contributed by atoms with Crippen molar-refractivity contribution in [3.63, 3.8) is 0 Å². The monoisotopic (exact) mass is 340 g/mol. The lowest BCUT2D eigenvalue weighted by Gasteiger charge is -2.26. The highest BCUT2D eigenvalue weighted by Gasteiger charge is 2.48. The Bertz CT molecular complexity index is 682. The molecule has 1 heterocycles. The zero-order valence-electron chi connectivity index (χ0n) is 11.0. The van der Waals surface area contributed by atoms with Crippen LogP contribution in [0.2, 0.25) is 0 Å². The molecule has 0 radical (unpaired) electrons. The topological polar surface area (TPSA) is 60.4 Å². The SMILES string of the molecule is CC1Sc2ccc(OS(=O)(=O)C(F)(F)F)cc2C(=O)C1C. The summed E-state index contributed by atoms with van der Waals surface area (Å²) in [6.45, 7) is 3.58. The Morgan fingerprint density at radius 3 is 2.43 bits per heavy atom. The third-order valence-electron chi connectivity index (χ3n) is 3.14. The number of alkyl halides is 3. The number of hydrogen-bond acceptors (Lipinski definition) is 5. The summed E-state index contributed by atoms with van der Waals surface area (Å²) in [5.41, 5.74) is -5.33. The van der Waals surface area contributed by atoms with Crippen LogP contribution in [0.3, 0.4) is 0 Å². The molecular weight excluding hydrogens is 329 g/mol. The van der Waals surface area contributed by atoms with Crippen LogP contribution in [0.15, 0.2) is 23.1 Å². The maximum atomic E-state index is 12.3. The van der Waals surface area contributed by atoms with E-state index in [9.17, 15) is 26.4 Å². The summed E-state index contributed by atoms with van der Waals surface area (Å²) < 4.78 is 62.7. The number of fused-ring (bicyclic) bond motifs is 1. The number of halogens is 3. The van der Waals surface area contributed by atoms with E-state index in [1.54, 1.807) is 6.92 Å². The molecule has 0 spiro atoms. The molecule has 9 heteroatoms. The third kappa shape index (κ3) is 3.03. The number of carbonyl (C=O) groups is 1. The molecular formula is C12H11F3O4S2. The number of thioether (sulfide) groups is 1. The van der Waals surface area contributed by atoms with Crippen molar-refractivity contribution in [2.45, 2.75) is 29.5 Å². The van der Waals surface area contributed by atoms with Gasteiger partial charge < -0.3 is 4.18 Å². The average molecular weight is 340 g/mol. The van der Waals surface area contributed by atoms with Gasteiger partial charge in [0.05, 0.1) is 0 Å². The molecule has 0 aliphatic carbocycles. The molecule has 2 unspecified atom stereocenters. The van der Waals surface area contributed by atoms with Crippen molar-refractivity contribution in [3.05, 3.63) is 23.8 Å². The lowest BCUT2D eigenvalue weighted by molar-refractivity contribution is -0.0500. The summed E-state index contributed by atoms with van der Waals surface area (Å²) >= 11 is 1.41.